The highest BCUT2D eigenvalue weighted by atomic mass is 79.9. The largest absolute Gasteiger partial charge is 0.339 e. The van der Waals surface area contributed by atoms with E-state index in [0.29, 0.717) is 34.0 Å². The highest BCUT2D eigenvalue weighted by Gasteiger charge is 2.23. The summed E-state index contributed by atoms with van der Waals surface area (Å²) < 4.78 is 15.9. The quantitative estimate of drug-likeness (QED) is 0.629. The molecular formula is C22H19BrFN3O3. The molecule has 154 valence electrons. The number of hydrogen-bond donors (Lipinski definition) is 1. The van der Waals surface area contributed by atoms with Crippen molar-refractivity contribution in [2.45, 2.75) is 19.4 Å². The fourth-order valence-electron chi connectivity index (χ4n) is 3.69. The van der Waals surface area contributed by atoms with Gasteiger partial charge in [-0.15, -0.1) is 0 Å². The Hall–Kier alpha value is -3.00. The summed E-state index contributed by atoms with van der Waals surface area (Å²) in [5.74, 6) is -1.29. The van der Waals surface area contributed by atoms with Gasteiger partial charge in [-0.05, 0) is 37.1 Å². The summed E-state index contributed by atoms with van der Waals surface area (Å²) in [4.78, 5) is 40.0. The number of carbonyl (C=O) groups is 2. The molecule has 1 aromatic heterocycles. The molecule has 6 nitrogen and oxygen atoms in total. The van der Waals surface area contributed by atoms with Crippen molar-refractivity contribution in [3.05, 3.63) is 74.7 Å². The molecule has 8 heteroatoms. The first-order valence-corrected chi connectivity index (χ1v) is 10.4. The van der Waals surface area contributed by atoms with E-state index in [-0.39, 0.29) is 18.1 Å². The van der Waals surface area contributed by atoms with E-state index in [0.717, 1.165) is 12.8 Å². The van der Waals surface area contributed by atoms with Crippen LogP contribution in [0.25, 0.3) is 10.9 Å². The van der Waals surface area contributed by atoms with Crippen molar-refractivity contribution < 1.29 is 14.0 Å². The zero-order valence-corrected chi connectivity index (χ0v) is 17.6. The number of para-hydroxylation sites is 1. The number of nitrogens with zero attached hydrogens (tertiary/aromatic N) is 2. The molecule has 0 radical (unpaired) electrons. The van der Waals surface area contributed by atoms with Crippen LogP contribution >= 0.6 is 15.9 Å². The predicted octanol–water partition coefficient (Wildman–Crippen LogP) is 3.78. The second-order valence-corrected chi connectivity index (χ2v) is 8.09. The summed E-state index contributed by atoms with van der Waals surface area (Å²) in [6, 6.07) is 12.6. The Kier molecular flexibility index (Phi) is 5.67. The van der Waals surface area contributed by atoms with Crippen molar-refractivity contribution in [1.82, 2.24) is 9.47 Å². The lowest BCUT2D eigenvalue weighted by Crippen LogP contribution is -2.32. The van der Waals surface area contributed by atoms with Crippen molar-refractivity contribution >= 4 is 44.3 Å². The minimum absolute atomic E-state index is 0.0291. The molecule has 2 heterocycles. The van der Waals surface area contributed by atoms with Crippen LogP contribution in [0.5, 0.6) is 0 Å². The molecule has 0 saturated carbocycles. The molecule has 1 N–H and O–H groups in total. The third-order valence-electron chi connectivity index (χ3n) is 5.15. The smallest absolute Gasteiger partial charge is 0.254 e. The molecule has 0 bridgehead atoms. The number of aromatic nitrogens is 1. The topological polar surface area (TPSA) is 71.4 Å². The first-order chi connectivity index (χ1) is 14.4. The number of carbonyl (C=O) groups excluding carboxylic acids is 2. The van der Waals surface area contributed by atoms with Gasteiger partial charge < -0.3 is 10.2 Å². The Bertz CT molecular complexity index is 1200. The third-order valence-corrected chi connectivity index (χ3v) is 5.64. The molecule has 0 spiro atoms. The molecule has 0 unspecified atom stereocenters. The van der Waals surface area contributed by atoms with E-state index < -0.39 is 17.3 Å². The summed E-state index contributed by atoms with van der Waals surface area (Å²) in [5.41, 5.74) is 0.399. The van der Waals surface area contributed by atoms with Crippen molar-refractivity contribution in [3.63, 3.8) is 0 Å². The molecular weight excluding hydrogens is 453 g/mol. The fraction of sp³-hybridized carbons (Fsp3) is 0.227. The Morgan fingerprint density at radius 1 is 1.07 bits per heavy atom. The average molecular weight is 472 g/mol. The fourth-order valence-corrected chi connectivity index (χ4v) is 4.02. The van der Waals surface area contributed by atoms with Crippen LogP contribution in [0.15, 0.2) is 57.8 Å². The van der Waals surface area contributed by atoms with Crippen LogP contribution in [0.1, 0.15) is 23.2 Å². The molecule has 4 rings (SSSR count). The van der Waals surface area contributed by atoms with Gasteiger partial charge in [-0.1, -0.05) is 34.1 Å². The highest BCUT2D eigenvalue weighted by molar-refractivity contribution is 9.10. The lowest BCUT2D eigenvalue weighted by Gasteiger charge is -2.18. The molecule has 2 aromatic carbocycles. The Morgan fingerprint density at radius 3 is 2.53 bits per heavy atom. The number of anilines is 1. The lowest BCUT2D eigenvalue weighted by atomic mass is 10.1. The van der Waals surface area contributed by atoms with Gasteiger partial charge in [-0.25, -0.2) is 4.39 Å². The van der Waals surface area contributed by atoms with E-state index in [1.54, 1.807) is 35.2 Å². The van der Waals surface area contributed by atoms with Gasteiger partial charge in [0.05, 0.1) is 16.8 Å². The van der Waals surface area contributed by atoms with Gasteiger partial charge in [0.2, 0.25) is 5.91 Å². The first kappa shape index (κ1) is 20.3. The minimum Gasteiger partial charge on any atom is -0.339 e. The molecule has 1 aliphatic rings. The summed E-state index contributed by atoms with van der Waals surface area (Å²) in [5, 5.41) is 3.10. The van der Waals surface area contributed by atoms with Crippen LogP contribution < -0.4 is 10.9 Å². The van der Waals surface area contributed by atoms with E-state index in [1.807, 2.05) is 0 Å². The van der Waals surface area contributed by atoms with Crippen LogP contribution in [-0.4, -0.2) is 34.4 Å². The van der Waals surface area contributed by atoms with Crippen LogP contribution in [0.3, 0.4) is 0 Å². The molecule has 1 aliphatic heterocycles. The van der Waals surface area contributed by atoms with Crippen LogP contribution in [0.4, 0.5) is 10.1 Å². The number of rotatable bonds is 4. The van der Waals surface area contributed by atoms with Crippen LogP contribution in [0, 0.1) is 5.82 Å². The van der Waals surface area contributed by atoms with Gasteiger partial charge >= 0.3 is 0 Å². The zero-order chi connectivity index (χ0) is 21.3. The molecule has 1 saturated heterocycles. The molecule has 1 fully saturated rings. The van der Waals surface area contributed by atoms with Crippen LogP contribution in [0.2, 0.25) is 0 Å². The van der Waals surface area contributed by atoms with Crippen molar-refractivity contribution in [2.24, 2.45) is 0 Å². The summed E-state index contributed by atoms with van der Waals surface area (Å²) in [6.07, 6.45) is 1.90. The summed E-state index contributed by atoms with van der Waals surface area (Å²) in [7, 11) is 0. The highest BCUT2D eigenvalue weighted by Crippen LogP contribution is 2.22. The van der Waals surface area contributed by atoms with Gasteiger partial charge in [-0.3, -0.25) is 19.0 Å². The molecule has 2 amide bonds. The van der Waals surface area contributed by atoms with E-state index >= 15 is 0 Å². The number of hydrogen-bond acceptors (Lipinski definition) is 3. The van der Waals surface area contributed by atoms with E-state index in [9.17, 15) is 18.8 Å². The van der Waals surface area contributed by atoms with E-state index in [4.69, 9.17) is 0 Å². The number of halogens is 2. The monoisotopic (exact) mass is 471 g/mol. The van der Waals surface area contributed by atoms with Gasteiger partial charge in [-0.2, -0.15) is 0 Å². The van der Waals surface area contributed by atoms with Crippen molar-refractivity contribution in [2.75, 3.05) is 18.4 Å². The predicted molar refractivity (Wildman–Crippen MR) is 116 cm³/mol. The number of benzene rings is 2. The number of fused-ring (bicyclic) bond motifs is 1. The lowest BCUT2D eigenvalue weighted by molar-refractivity contribution is -0.116. The minimum atomic E-state index is -0.582. The van der Waals surface area contributed by atoms with Gasteiger partial charge in [0, 0.05) is 29.0 Å². The van der Waals surface area contributed by atoms with Gasteiger partial charge in [0.25, 0.3) is 11.5 Å². The number of likely N-dealkylation sites (tertiary alicyclic amines) is 1. The standard InChI is InChI=1S/C22H19BrFN3O3/c23-14-7-8-18(17(24)11-14)25-20(28)13-27-19-6-2-1-5-15(19)16(12-21(27)29)22(30)26-9-3-4-10-26/h1-2,5-8,11-12H,3-4,9-10,13H2,(H,25,28). The van der Waals surface area contributed by atoms with Gasteiger partial charge in [0.1, 0.15) is 12.4 Å². The average Bonchev–Trinajstić information content (AvgIpc) is 3.26. The van der Waals surface area contributed by atoms with E-state index in [2.05, 4.69) is 21.2 Å². The number of amides is 2. The Morgan fingerprint density at radius 2 is 1.80 bits per heavy atom. The second-order valence-electron chi connectivity index (χ2n) is 7.17. The van der Waals surface area contributed by atoms with E-state index in [1.165, 1.54) is 22.8 Å². The molecule has 0 atom stereocenters. The van der Waals surface area contributed by atoms with Crippen LogP contribution in [-0.2, 0) is 11.3 Å². The normalized spacial score (nSPS) is 13.6. The second kappa shape index (κ2) is 8.39. The van der Waals surface area contributed by atoms with Crippen molar-refractivity contribution in [3.8, 4) is 0 Å². The Labute approximate surface area is 180 Å². The maximum Gasteiger partial charge on any atom is 0.254 e. The molecule has 30 heavy (non-hydrogen) atoms. The first-order valence-electron chi connectivity index (χ1n) is 9.61. The Balaban J connectivity index is 1.67. The number of nitrogens with one attached hydrogen (secondary N) is 1. The molecule has 3 aromatic rings. The summed E-state index contributed by atoms with van der Waals surface area (Å²) in [6.45, 7) is 1.06. The number of pyridine rings is 1. The zero-order valence-electron chi connectivity index (χ0n) is 16.0. The maximum atomic E-state index is 14.0. The van der Waals surface area contributed by atoms with Crippen molar-refractivity contribution in [1.29, 1.82) is 0 Å². The summed E-state index contributed by atoms with van der Waals surface area (Å²) >= 11 is 3.17. The van der Waals surface area contributed by atoms with Gasteiger partial charge in [0.15, 0.2) is 0 Å². The third kappa shape index (κ3) is 4.00. The molecule has 0 aliphatic carbocycles. The maximum absolute atomic E-state index is 14.0. The SMILES string of the molecule is O=C(Cn1c(=O)cc(C(=O)N2CCCC2)c2ccccc21)Nc1ccc(Br)cc1F.